The summed E-state index contributed by atoms with van der Waals surface area (Å²) in [7, 11) is 0. The topological polar surface area (TPSA) is 64.7 Å². The molecule has 0 saturated heterocycles. The summed E-state index contributed by atoms with van der Waals surface area (Å²) >= 11 is 3.36. The van der Waals surface area contributed by atoms with Gasteiger partial charge in [0.15, 0.2) is 0 Å². The van der Waals surface area contributed by atoms with Crippen molar-refractivity contribution in [2.75, 3.05) is 5.32 Å². The molecule has 1 unspecified atom stereocenters. The van der Waals surface area contributed by atoms with Gasteiger partial charge in [0.05, 0.1) is 17.9 Å². The molecule has 0 spiro atoms. The van der Waals surface area contributed by atoms with E-state index in [4.69, 9.17) is 0 Å². The molecule has 1 amide bonds. The molecule has 25 heavy (non-hydrogen) atoms. The van der Waals surface area contributed by atoms with Crippen LogP contribution in [0.1, 0.15) is 42.4 Å². The van der Waals surface area contributed by atoms with Crippen LogP contribution in [0.3, 0.4) is 0 Å². The Morgan fingerprint density at radius 1 is 1.28 bits per heavy atom. The minimum atomic E-state index is -0.233. The Kier molecular flexibility index (Phi) is 5.03. The van der Waals surface area contributed by atoms with E-state index in [2.05, 4.69) is 45.3 Å². The number of benzene rings is 1. The molecule has 3 aromatic rings. The molecule has 0 aliphatic rings. The maximum absolute atomic E-state index is 12.8. The number of amides is 1. The van der Waals surface area contributed by atoms with E-state index in [1.165, 1.54) is 0 Å². The minimum Gasteiger partial charge on any atom is -0.305 e. The normalized spacial score (nSPS) is 12.2. The maximum atomic E-state index is 12.8. The molecule has 0 radical (unpaired) electrons. The fraction of sp³-hybridized carbons (Fsp3) is 0.278. The van der Waals surface area contributed by atoms with Gasteiger partial charge in [0.2, 0.25) is 0 Å². The number of carbonyl (C=O) groups is 1. The zero-order chi connectivity index (χ0) is 18.0. The van der Waals surface area contributed by atoms with Crippen LogP contribution in [0.4, 0.5) is 5.82 Å². The Hall–Kier alpha value is -2.41. The van der Waals surface area contributed by atoms with Gasteiger partial charge in [0.1, 0.15) is 16.1 Å². The fourth-order valence-electron chi connectivity index (χ4n) is 2.51. The first-order valence-electron chi connectivity index (χ1n) is 8.17. The van der Waals surface area contributed by atoms with Gasteiger partial charge in [-0.2, -0.15) is 10.2 Å². The summed E-state index contributed by atoms with van der Waals surface area (Å²) in [6.07, 6.45) is 2.62. The van der Waals surface area contributed by atoms with Crippen molar-refractivity contribution in [1.29, 1.82) is 0 Å². The molecule has 0 saturated carbocycles. The van der Waals surface area contributed by atoms with Crippen LogP contribution in [0.5, 0.6) is 0 Å². The van der Waals surface area contributed by atoms with Crippen molar-refractivity contribution in [3.05, 3.63) is 58.5 Å². The molecule has 1 aromatic carbocycles. The van der Waals surface area contributed by atoms with Gasteiger partial charge in [-0.25, -0.2) is 9.36 Å². The zero-order valence-electron chi connectivity index (χ0n) is 14.4. The standard InChI is InChI=1S/C18H20BrN5O/c1-4-13(3)23-17(9-10-20-23)21-18(25)15-11-16(19)22-24(15)14-7-5-12(2)6-8-14/h5-11,13H,4H2,1-3H3,(H,21,25). The highest BCUT2D eigenvalue weighted by atomic mass is 79.9. The summed E-state index contributed by atoms with van der Waals surface area (Å²) in [5, 5.41) is 11.6. The number of nitrogens with one attached hydrogen (secondary N) is 1. The molecule has 3 rings (SSSR count). The van der Waals surface area contributed by atoms with Gasteiger partial charge >= 0.3 is 0 Å². The number of anilines is 1. The van der Waals surface area contributed by atoms with Crippen LogP contribution in [0.2, 0.25) is 0 Å². The van der Waals surface area contributed by atoms with Crippen LogP contribution in [0.15, 0.2) is 47.2 Å². The number of carbonyl (C=O) groups excluding carboxylic acids is 1. The fourth-order valence-corrected chi connectivity index (χ4v) is 2.89. The third-order valence-corrected chi connectivity index (χ3v) is 4.50. The first kappa shape index (κ1) is 17.4. The van der Waals surface area contributed by atoms with E-state index < -0.39 is 0 Å². The number of hydrogen-bond acceptors (Lipinski definition) is 3. The highest BCUT2D eigenvalue weighted by Gasteiger charge is 2.18. The summed E-state index contributed by atoms with van der Waals surface area (Å²) in [5.41, 5.74) is 2.43. The summed E-state index contributed by atoms with van der Waals surface area (Å²) in [6.45, 7) is 6.17. The molecule has 1 N–H and O–H groups in total. The molecule has 1 atom stereocenters. The Morgan fingerprint density at radius 3 is 2.68 bits per heavy atom. The number of hydrogen-bond donors (Lipinski definition) is 1. The van der Waals surface area contributed by atoms with E-state index in [0.717, 1.165) is 17.7 Å². The quantitative estimate of drug-likeness (QED) is 0.690. The molecule has 130 valence electrons. The lowest BCUT2D eigenvalue weighted by molar-refractivity contribution is 0.101. The molecular formula is C18H20BrN5O. The second-order valence-electron chi connectivity index (χ2n) is 5.97. The van der Waals surface area contributed by atoms with Gasteiger partial charge in [-0.05, 0) is 48.3 Å². The third kappa shape index (κ3) is 3.66. The second kappa shape index (κ2) is 7.23. The number of aromatic nitrogens is 4. The highest BCUT2D eigenvalue weighted by molar-refractivity contribution is 9.10. The van der Waals surface area contributed by atoms with Gasteiger partial charge in [0, 0.05) is 12.1 Å². The van der Waals surface area contributed by atoms with Crippen molar-refractivity contribution in [2.24, 2.45) is 0 Å². The van der Waals surface area contributed by atoms with Crippen molar-refractivity contribution in [3.63, 3.8) is 0 Å². The molecule has 6 nitrogen and oxygen atoms in total. The smallest absolute Gasteiger partial charge is 0.275 e. The lowest BCUT2D eigenvalue weighted by Gasteiger charge is -2.14. The van der Waals surface area contributed by atoms with Crippen molar-refractivity contribution >= 4 is 27.7 Å². The van der Waals surface area contributed by atoms with E-state index in [0.29, 0.717) is 16.1 Å². The molecule has 2 heterocycles. The largest absolute Gasteiger partial charge is 0.305 e. The Bertz CT molecular complexity index is 881. The van der Waals surface area contributed by atoms with Crippen molar-refractivity contribution in [3.8, 4) is 5.69 Å². The van der Waals surface area contributed by atoms with Crippen LogP contribution in [-0.2, 0) is 0 Å². The van der Waals surface area contributed by atoms with E-state index in [1.807, 2.05) is 35.9 Å². The monoisotopic (exact) mass is 401 g/mol. The highest BCUT2D eigenvalue weighted by Crippen LogP contribution is 2.20. The van der Waals surface area contributed by atoms with Crippen molar-refractivity contribution < 1.29 is 4.79 Å². The van der Waals surface area contributed by atoms with Gasteiger partial charge in [-0.3, -0.25) is 4.79 Å². The van der Waals surface area contributed by atoms with Crippen molar-refractivity contribution in [2.45, 2.75) is 33.2 Å². The molecule has 7 heteroatoms. The first-order valence-corrected chi connectivity index (χ1v) is 8.96. The summed E-state index contributed by atoms with van der Waals surface area (Å²) in [4.78, 5) is 12.8. The lowest BCUT2D eigenvalue weighted by Crippen LogP contribution is -2.20. The first-order chi connectivity index (χ1) is 12.0. The van der Waals surface area contributed by atoms with E-state index in [1.54, 1.807) is 23.0 Å². The predicted octanol–water partition coefficient (Wildman–Crippen LogP) is 4.36. The lowest BCUT2D eigenvalue weighted by atomic mass is 10.2. The van der Waals surface area contributed by atoms with Gasteiger partial charge in [-0.1, -0.05) is 24.6 Å². The number of halogens is 1. The average Bonchev–Trinajstić information content (AvgIpc) is 3.21. The van der Waals surface area contributed by atoms with Gasteiger partial charge in [-0.15, -0.1) is 0 Å². The zero-order valence-corrected chi connectivity index (χ0v) is 16.0. The van der Waals surface area contributed by atoms with Crippen LogP contribution >= 0.6 is 15.9 Å². The number of aryl methyl sites for hydroxylation is 1. The predicted molar refractivity (Wildman–Crippen MR) is 101 cm³/mol. The Morgan fingerprint density at radius 2 is 2.00 bits per heavy atom. The maximum Gasteiger partial charge on any atom is 0.275 e. The average molecular weight is 402 g/mol. The van der Waals surface area contributed by atoms with Gasteiger partial charge < -0.3 is 5.32 Å². The Labute approximate surface area is 155 Å². The van der Waals surface area contributed by atoms with Gasteiger partial charge in [0.25, 0.3) is 5.91 Å². The SMILES string of the molecule is CCC(C)n1nccc1NC(=O)c1cc(Br)nn1-c1ccc(C)cc1. The molecular weight excluding hydrogens is 382 g/mol. The van der Waals surface area contributed by atoms with Crippen LogP contribution in [-0.4, -0.2) is 25.5 Å². The van der Waals surface area contributed by atoms with Crippen LogP contribution in [0.25, 0.3) is 5.69 Å². The van der Waals surface area contributed by atoms with E-state index in [-0.39, 0.29) is 11.9 Å². The third-order valence-electron chi connectivity index (χ3n) is 4.11. The molecule has 2 aromatic heterocycles. The summed E-state index contributed by atoms with van der Waals surface area (Å²) in [6, 6.07) is 11.6. The summed E-state index contributed by atoms with van der Waals surface area (Å²) in [5.74, 6) is 0.441. The Balaban J connectivity index is 1.91. The minimum absolute atomic E-state index is 0.207. The van der Waals surface area contributed by atoms with Crippen LogP contribution < -0.4 is 5.32 Å². The number of nitrogens with zero attached hydrogens (tertiary/aromatic N) is 4. The van der Waals surface area contributed by atoms with E-state index >= 15 is 0 Å². The number of rotatable bonds is 5. The molecule has 0 aliphatic carbocycles. The van der Waals surface area contributed by atoms with E-state index in [9.17, 15) is 4.79 Å². The second-order valence-corrected chi connectivity index (χ2v) is 6.78. The molecule has 0 bridgehead atoms. The van der Waals surface area contributed by atoms with Crippen molar-refractivity contribution in [1.82, 2.24) is 19.6 Å². The molecule has 0 aliphatic heterocycles. The summed E-state index contributed by atoms with van der Waals surface area (Å²) < 4.78 is 4.05. The molecule has 0 fully saturated rings. The van der Waals surface area contributed by atoms with Crippen LogP contribution in [0, 0.1) is 6.92 Å².